The molecule has 0 bridgehead atoms. The van der Waals surface area contributed by atoms with Crippen LogP contribution in [0.2, 0.25) is 0 Å². The van der Waals surface area contributed by atoms with Crippen molar-refractivity contribution in [3.8, 4) is 0 Å². The van der Waals surface area contributed by atoms with Gasteiger partial charge in [-0.05, 0) is 17.7 Å². The topological polar surface area (TPSA) is 35.6 Å². The maximum Gasteiger partial charge on any atom is 0.322 e. The van der Waals surface area contributed by atoms with Crippen LogP contribution in [-0.2, 0) is 0 Å². The molecule has 2 aromatic rings. The van der Waals surface area contributed by atoms with E-state index in [0.717, 1.165) is 19.6 Å². The molecule has 1 aliphatic rings. The molecule has 1 aliphatic heterocycles. The molecule has 1 fully saturated rings. The second-order valence-corrected chi connectivity index (χ2v) is 6.01. The van der Waals surface area contributed by atoms with E-state index in [-0.39, 0.29) is 11.7 Å². The summed E-state index contributed by atoms with van der Waals surface area (Å²) in [6.07, 6.45) is 4.25. The fourth-order valence-electron chi connectivity index (χ4n) is 2.79. The number of para-hydroxylation sites is 1. The van der Waals surface area contributed by atoms with Crippen LogP contribution in [0.3, 0.4) is 0 Å². The molecule has 1 saturated heterocycles. The van der Waals surface area contributed by atoms with E-state index in [9.17, 15) is 9.18 Å². The molecule has 3 rings (SSSR count). The summed E-state index contributed by atoms with van der Waals surface area (Å²) in [5.74, 6) is -0.416. The third-order valence-corrected chi connectivity index (χ3v) is 4.25. The SMILES string of the molecule is O=C(Nc1ccccc1F)N1CCN(C/C=C/c2ccccc2)CC1. The van der Waals surface area contributed by atoms with E-state index >= 15 is 0 Å². The number of carbonyl (C=O) groups is 1. The summed E-state index contributed by atoms with van der Waals surface area (Å²) in [7, 11) is 0. The number of anilines is 1. The number of rotatable bonds is 4. The number of urea groups is 1. The molecule has 0 radical (unpaired) electrons. The minimum absolute atomic E-state index is 0.223. The van der Waals surface area contributed by atoms with Crippen LogP contribution in [0.5, 0.6) is 0 Å². The molecule has 1 heterocycles. The molecule has 1 N–H and O–H groups in total. The molecule has 2 aromatic carbocycles. The van der Waals surface area contributed by atoms with Crippen molar-refractivity contribution in [2.24, 2.45) is 0 Å². The lowest BCUT2D eigenvalue weighted by atomic mass is 10.2. The Morgan fingerprint density at radius 1 is 1.00 bits per heavy atom. The Bertz CT molecular complexity index is 725. The Kier molecular flexibility index (Phi) is 5.80. The first kappa shape index (κ1) is 17.2. The van der Waals surface area contributed by atoms with E-state index in [0.29, 0.717) is 13.1 Å². The molecular formula is C20H22FN3O. The second kappa shape index (κ2) is 8.44. The first-order chi connectivity index (χ1) is 12.2. The fraction of sp³-hybridized carbons (Fsp3) is 0.250. The van der Waals surface area contributed by atoms with E-state index in [1.165, 1.54) is 11.6 Å². The van der Waals surface area contributed by atoms with Crippen molar-refractivity contribution < 1.29 is 9.18 Å². The maximum absolute atomic E-state index is 13.6. The van der Waals surface area contributed by atoms with E-state index in [1.807, 2.05) is 18.2 Å². The van der Waals surface area contributed by atoms with Crippen LogP contribution in [0.1, 0.15) is 5.56 Å². The summed E-state index contributed by atoms with van der Waals surface area (Å²) >= 11 is 0. The van der Waals surface area contributed by atoms with Gasteiger partial charge >= 0.3 is 6.03 Å². The maximum atomic E-state index is 13.6. The highest BCUT2D eigenvalue weighted by Crippen LogP contribution is 2.14. The number of benzene rings is 2. The van der Waals surface area contributed by atoms with Gasteiger partial charge in [0, 0.05) is 32.7 Å². The summed E-state index contributed by atoms with van der Waals surface area (Å²) in [6.45, 7) is 3.75. The number of halogens is 1. The fourth-order valence-corrected chi connectivity index (χ4v) is 2.79. The van der Waals surface area contributed by atoms with Crippen LogP contribution in [-0.4, -0.2) is 48.6 Å². The van der Waals surface area contributed by atoms with Gasteiger partial charge in [0.1, 0.15) is 5.82 Å². The number of hydrogen-bond acceptors (Lipinski definition) is 2. The standard InChI is InChI=1S/C20H22FN3O/c21-18-10-4-5-11-19(18)22-20(25)24-15-13-23(14-16-24)12-6-9-17-7-2-1-3-8-17/h1-11H,12-16H2,(H,22,25)/b9-6+. The van der Waals surface area contributed by atoms with Gasteiger partial charge < -0.3 is 10.2 Å². The number of carbonyl (C=O) groups excluding carboxylic acids is 1. The molecule has 0 unspecified atom stereocenters. The molecule has 25 heavy (non-hydrogen) atoms. The number of hydrogen-bond donors (Lipinski definition) is 1. The molecule has 5 heteroatoms. The number of nitrogens with one attached hydrogen (secondary N) is 1. The van der Waals surface area contributed by atoms with Crippen LogP contribution >= 0.6 is 0 Å². The molecule has 0 saturated carbocycles. The third kappa shape index (κ3) is 4.90. The minimum atomic E-state index is -0.416. The number of amides is 2. The van der Waals surface area contributed by atoms with E-state index in [4.69, 9.17) is 0 Å². The van der Waals surface area contributed by atoms with Gasteiger partial charge in [0.05, 0.1) is 5.69 Å². The molecule has 0 aromatic heterocycles. The van der Waals surface area contributed by atoms with Crippen molar-refractivity contribution in [2.45, 2.75) is 0 Å². The lowest BCUT2D eigenvalue weighted by Crippen LogP contribution is -2.50. The monoisotopic (exact) mass is 339 g/mol. The van der Waals surface area contributed by atoms with E-state index in [2.05, 4.69) is 34.5 Å². The first-order valence-electron chi connectivity index (χ1n) is 8.47. The van der Waals surface area contributed by atoms with Gasteiger partial charge in [-0.1, -0.05) is 54.6 Å². The van der Waals surface area contributed by atoms with Crippen molar-refractivity contribution in [1.29, 1.82) is 0 Å². The third-order valence-electron chi connectivity index (χ3n) is 4.25. The van der Waals surface area contributed by atoms with Crippen molar-refractivity contribution in [1.82, 2.24) is 9.80 Å². The predicted molar refractivity (Wildman–Crippen MR) is 98.9 cm³/mol. The summed E-state index contributed by atoms with van der Waals surface area (Å²) in [5, 5.41) is 2.64. The van der Waals surface area contributed by atoms with Gasteiger partial charge in [-0.3, -0.25) is 4.90 Å². The van der Waals surface area contributed by atoms with Crippen LogP contribution in [0.4, 0.5) is 14.9 Å². The van der Waals surface area contributed by atoms with Gasteiger partial charge in [0.2, 0.25) is 0 Å². The molecule has 0 aliphatic carbocycles. The largest absolute Gasteiger partial charge is 0.322 e. The van der Waals surface area contributed by atoms with Crippen molar-refractivity contribution in [2.75, 3.05) is 38.0 Å². The lowest BCUT2D eigenvalue weighted by molar-refractivity contribution is 0.156. The van der Waals surface area contributed by atoms with Gasteiger partial charge in [0.25, 0.3) is 0 Å². The van der Waals surface area contributed by atoms with E-state index < -0.39 is 5.82 Å². The van der Waals surface area contributed by atoms with Crippen molar-refractivity contribution in [3.63, 3.8) is 0 Å². The lowest BCUT2D eigenvalue weighted by Gasteiger charge is -2.34. The molecule has 0 atom stereocenters. The highest BCUT2D eigenvalue weighted by molar-refractivity contribution is 5.89. The zero-order valence-electron chi connectivity index (χ0n) is 14.1. The highest BCUT2D eigenvalue weighted by Gasteiger charge is 2.20. The summed E-state index contributed by atoms with van der Waals surface area (Å²) in [5.41, 5.74) is 1.41. The molecule has 130 valence electrons. The number of nitrogens with zero attached hydrogens (tertiary/aromatic N) is 2. The second-order valence-electron chi connectivity index (χ2n) is 6.01. The Morgan fingerprint density at radius 2 is 1.68 bits per heavy atom. The highest BCUT2D eigenvalue weighted by atomic mass is 19.1. The first-order valence-corrected chi connectivity index (χ1v) is 8.47. The van der Waals surface area contributed by atoms with Gasteiger partial charge in [-0.15, -0.1) is 0 Å². The average molecular weight is 339 g/mol. The normalized spacial score (nSPS) is 15.5. The van der Waals surface area contributed by atoms with Crippen LogP contribution < -0.4 is 5.32 Å². The Hall–Kier alpha value is -2.66. The summed E-state index contributed by atoms with van der Waals surface area (Å²) in [6, 6.07) is 16.2. The van der Waals surface area contributed by atoms with Crippen molar-refractivity contribution in [3.05, 3.63) is 72.1 Å². The summed E-state index contributed by atoms with van der Waals surface area (Å²) in [4.78, 5) is 16.3. The predicted octanol–water partition coefficient (Wildman–Crippen LogP) is 3.69. The molecule has 2 amide bonds. The number of piperazine rings is 1. The summed E-state index contributed by atoms with van der Waals surface area (Å²) < 4.78 is 13.6. The van der Waals surface area contributed by atoms with Crippen LogP contribution in [0.15, 0.2) is 60.7 Å². The van der Waals surface area contributed by atoms with Crippen LogP contribution in [0.25, 0.3) is 6.08 Å². The molecule has 0 spiro atoms. The van der Waals surface area contributed by atoms with Gasteiger partial charge in [-0.2, -0.15) is 0 Å². The van der Waals surface area contributed by atoms with Gasteiger partial charge in [-0.25, -0.2) is 9.18 Å². The van der Waals surface area contributed by atoms with Gasteiger partial charge in [0.15, 0.2) is 0 Å². The Balaban J connectivity index is 1.44. The molecule has 4 nitrogen and oxygen atoms in total. The zero-order chi connectivity index (χ0) is 17.5. The Labute approximate surface area is 147 Å². The van der Waals surface area contributed by atoms with Crippen LogP contribution in [0, 0.1) is 5.82 Å². The molecular weight excluding hydrogens is 317 g/mol. The van der Waals surface area contributed by atoms with Crippen molar-refractivity contribution >= 4 is 17.8 Å². The Morgan fingerprint density at radius 3 is 2.40 bits per heavy atom. The minimum Gasteiger partial charge on any atom is -0.322 e. The average Bonchev–Trinajstić information content (AvgIpc) is 2.65. The smallest absolute Gasteiger partial charge is 0.322 e. The van der Waals surface area contributed by atoms with E-state index in [1.54, 1.807) is 23.1 Å². The zero-order valence-corrected chi connectivity index (χ0v) is 14.1. The quantitative estimate of drug-likeness (QED) is 0.922.